The second-order valence-electron chi connectivity index (χ2n) is 4.99. The highest BCUT2D eigenvalue weighted by Gasteiger charge is 2.01. The van der Waals surface area contributed by atoms with Gasteiger partial charge in [0.15, 0.2) is 0 Å². The predicted octanol–water partition coefficient (Wildman–Crippen LogP) is 5.12. The fourth-order valence-electron chi connectivity index (χ4n) is 2.39. The van der Waals surface area contributed by atoms with Crippen molar-refractivity contribution in [1.29, 1.82) is 0 Å². The van der Waals surface area contributed by atoms with E-state index in [0.29, 0.717) is 6.61 Å². The van der Waals surface area contributed by atoms with E-state index in [2.05, 4.69) is 72.0 Å². The van der Waals surface area contributed by atoms with E-state index < -0.39 is 0 Å². The Bertz CT molecular complexity index is 714. The van der Waals surface area contributed by atoms with Crippen molar-refractivity contribution < 1.29 is 4.74 Å². The lowest BCUT2D eigenvalue weighted by Gasteiger charge is -2.10. The minimum absolute atomic E-state index is 0.672. The first-order valence-corrected chi connectivity index (χ1v) is 7.28. The van der Waals surface area contributed by atoms with Crippen LogP contribution >= 0.6 is 0 Å². The number of nitrogens with one attached hydrogen (secondary N) is 1. The van der Waals surface area contributed by atoms with Crippen LogP contribution in [0.4, 0.5) is 11.4 Å². The molecule has 0 bridgehead atoms. The molecule has 3 aromatic rings. The molecule has 0 amide bonds. The Labute approximate surface area is 125 Å². The first-order valence-electron chi connectivity index (χ1n) is 7.28. The lowest BCUT2D eigenvalue weighted by molar-refractivity contribution is 0.134. The van der Waals surface area contributed by atoms with E-state index in [9.17, 15) is 0 Å². The van der Waals surface area contributed by atoms with Crippen LogP contribution in [0.5, 0.6) is 0 Å². The van der Waals surface area contributed by atoms with E-state index in [0.717, 1.165) is 18.0 Å². The van der Waals surface area contributed by atoms with Crippen molar-refractivity contribution in [2.24, 2.45) is 0 Å². The molecule has 0 aliphatic rings. The second kappa shape index (κ2) is 6.42. The molecule has 3 aromatic carbocycles. The van der Waals surface area contributed by atoms with E-state index >= 15 is 0 Å². The number of ether oxygens (including phenoxy) is 1. The molecule has 0 fully saturated rings. The number of benzene rings is 3. The third kappa shape index (κ3) is 3.23. The number of rotatable bonds is 5. The van der Waals surface area contributed by atoms with Crippen molar-refractivity contribution in [2.75, 3.05) is 11.9 Å². The standard InChI is InChI=1S/C19H19NO/c1-2-21-14-15-10-12-17(13-11-15)20-19-9-5-7-16-6-3-4-8-18(16)19/h3-13,20H,2,14H2,1H3. The summed E-state index contributed by atoms with van der Waals surface area (Å²) >= 11 is 0. The largest absolute Gasteiger partial charge is 0.377 e. The molecule has 0 spiro atoms. The molecule has 0 unspecified atom stereocenters. The van der Waals surface area contributed by atoms with E-state index in [1.807, 2.05) is 6.92 Å². The van der Waals surface area contributed by atoms with Crippen LogP contribution in [-0.4, -0.2) is 6.61 Å². The van der Waals surface area contributed by atoms with Crippen LogP contribution in [0.2, 0.25) is 0 Å². The maximum Gasteiger partial charge on any atom is 0.0716 e. The quantitative estimate of drug-likeness (QED) is 0.699. The monoisotopic (exact) mass is 277 g/mol. The predicted molar refractivity (Wildman–Crippen MR) is 89.0 cm³/mol. The zero-order valence-corrected chi connectivity index (χ0v) is 12.2. The summed E-state index contributed by atoms with van der Waals surface area (Å²) in [6.45, 7) is 3.43. The molecule has 0 saturated carbocycles. The summed E-state index contributed by atoms with van der Waals surface area (Å²) in [5, 5.41) is 5.97. The Morgan fingerprint density at radius 2 is 1.62 bits per heavy atom. The molecule has 106 valence electrons. The van der Waals surface area contributed by atoms with Gasteiger partial charge in [-0.3, -0.25) is 0 Å². The molecule has 0 aliphatic heterocycles. The molecule has 2 nitrogen and oxygen atoms in total. The molecule has 1 N–H and O–H groups in total. The van der Waals surface area contributed by atoms with E-state index in [-0.39, 0.29) is 0 Å². The van der Waals surface area contributed by atoms with E-state index in [1.165, 1.54) is 16.3 Å². The Morgan fingerprint density at radius 3 is 2.43 bits per heavy atom. The maximum atomic E-state index is 5.41. The third-order valence-electron chi connectivity index (χ3n) is 3.50. The Kier molecular flexibility index (Phi) is 4.17. The number of hydrogen-bond acceptors (Lipinski definition) is 2. The molecular formula is C19H19NO. The highest BCUT2D eigenvalue weighted by Crippen LogP contribution is 2.26. The summed E-state index contributed by atoms with van der Waals surface area (Å²) in [5.74, 6) is 0. The van der Waals surface area contributed by atoms with Crippen molar-refractivity contribution in [3.8, 4) is 0 Å². The van der Waals surface area contributed by atoms with Crippen molar-refractivity contribution >= 4 is 22.1 Å². The highest BCUT2D eigenvalue weighted by atomic mass is 16.5. The number of anilines is 2. The fraction of sp³-hybridized carbons (Fsp3) is 0.158. The SMILES string of the molecule is CCOCc1ccc(Nc2cccc3ccccc23)cc1. The van der Waals surface area contributed by atoms with Crippen LogP contribution in [0.3, 0.4) is 0 Å². The smallest absolute Gasteiger partial charge is 0.0716 e. The van der Waals surface area contributed by atoms with Crippen LogP contribution in [0, 0.1) is 0 Å². The summed E-state index contributed by atoms with van der Waals surface area (Å²) in [5.41, 5.74) is 3.41. The molecule has 21 heavy (non-hydrogen) atoms. The fourth-order valence-corrected chi connectivity index (χ4v) is 2.39. The Hall–Kier alpha value is -2.32. The summed E-state index contributed by atoms with van der Waals surface area (Å²) in [4.78, 5) is 0. The van der Waals surface area contributed by atoms with Crippen LogP contribution in [0.1, 0.15) is 12.5 Å². The van der Waals surface area contributed by atoms with Crippen molar-refractivity contribution in [1.82, 2.24) is 0 Å². The van der Waals surface area contributed by atoms with Crippen LogP contribution in [-0.2, 0) is 11.3 Å². The second-order valence-corrected chi connectivity index (χ2v) is 4.99. The van der Waals surface area contributed by atoms with Gasteiger partial charge in [0.25, 0.3) is 0 Å². The van der Waals surface area contributed by atoms with Gasteiger partial charge < -0.3 is 10.1 Å². The molecule has 0 aromatic heterocycles. The summed E-state index contributed by atoms with van der Waals surface area (Å²) in [7, 11) is 0. The number of fused-ring (bicyclic) bond motifs is 1. The van der Waals surface area contributed by atoms with Gasteiger partial charge in [-0.2, -0.15) is 0 Å². The molecule has 0 aliphatic carbocycles. The minimum Gasteiger partial charge on any atom is -0.377 e. The van der Waals surface area contributed by atoms with Crippen molar-refractivity contribution in [3.05, 3.63) is 72.3 Å². The van der Waals surface area contributed by atoms with E-state index in [4.69, 9.17) is 4.74 Å². The Morgan fingerprint density at radius 1 is 0.857 bits per heavy atom. The van der Waals surface area contributed by atoms with Gasteiger partial charge in [0.1, 0.15) is 0 Å². The third-order valence-corrected chi connectivity index (χ3v) is 3.50. The lowest BCUT2D eigenvalue weighted by Crippen LogP contribution is -1.94. The molecule has 0 saturated heterocycles. The zero-order valence-electron chi connectivity index (χ0n) is 12.2. The van der Waals surface area contributed by atoms with Crippen LogP contribution in [0.15, 0.2) is 66.7 Å². The van der Waals surface area contributed by atoms with Gasteiger partial charge >= 0.3 is 0 Å². The van der Waals surface area contributed by atoms with Gasteiger partial charge in [0.2, 0.25) is 0 Å². The van der Waals surface area contributed by atoms with Gasteiger partial charge in [0.05, 0.1) is 6.61 Å². The maximum absolute atomic E-state index is 5.41. The molecule has 0 radical (unpaired) electrons. The lowest BCUT2D eigenvalue weighted by atomic mass is 10.1. The van der Waals surface area contributed by atoms with E-state index in [1.54, 1.807) is 0 Å². The topological polar surface area (TPSA) is 21.3 Å². The highest BCUT2D eigenvalue weighted by molar-refractivity contribution is 5.95. The normalized spacial score (nSPS) is 10.7. The van der Waals surface area contributed by atoms with Gasteiger partial charge in [0, 0.05) is 23.4 Å². The minimum atomic E-state index is 0.672. The average molecular weight is 277 g/mol. The summed E-state index contributed by atoms with van der Waals surface area (Å²) in [6, 6.07) is 23.1. The van der Waals surface area contributed by atoms with Gasteiger partial charge in [-0.1, -0.05) is 48.5 Å². The first kappa shape index (κ1) is 13.7. The van der Waals surface area contributed by atoms with Gasteiger partial charge in [-0.05, 0) is 36.1 Å². The Balaban J connectivity index is 1.82. The first-order chi connectivity index (χ1) is 10.4. The van der Waals surface area contributed by atoms with Crippen LogP contribution in [0.25, 0.3) is 10.8 Å². The molecular weight excluding hydrogens is 258 g/mol. The molecule has 0 heterocycles. The zero-order chi connectivity index (χ0) is 14.5. The average Bonchev–Trinajstić information content (AvgIpc) is 2.55. The van der Waals surface area contributed by atoms with Crippen molar-refractivity contribution in [2.45, 2.75) is 13.5 Å². The molecule has 0 atom stereocenters. The van der Waals surface area contributed by atoms with Crippen molar-refractivity contribution in [3.63, 3.8) is 0 Å². The molecule has 3 rings (SSSR count). The summed E-state index contributed by atoms with van der Waals surface area (Å²) in [6.07, 6.45) is 0. The summed E-state index contributed by atoms with van der Waals surface area (Å²) < 4.78 is 5.41. The number of hydrogen-bond donors (Lipinski definition) is 1. The molecule has 2 heteroatoms. The van der Waals surface area contributed by atoms with Gasteiger partial charge in [-0.15, -0.1) is 0 Å². The van der Waals surface area contributed by atoms with Gasteiger partial charge in [-0.25, -0.2) is 0 Å². The van der Waals surface area contributed by atoms with Crippen LogP contribution < -0.4 is 5.32 Å².